The van der Waals surface area contributed by atoms with Gasteiger partial charge in [0.05, 0.1) is 0 Å². The van der Waals surface area contributed by atoms with Gasteiger partial charge in [0.1, 0.15) is 0 Å². The molecule has 0 aliphatic carbocycles. The molecule has 1 unspecified atom stereocenters. The number of amides is 1. The molecule has 106 valence electrons. The molecule has 1 rings (SSSR count). The molecule has 0 saturated carbocycles. The zero-order valence-corrected chi connectivity index (χ0v) is 12.2. The standard InChI is InChI=1S/C14H29N3O/c1-4-15-14(18)6-9-16-12(3)13-7-10-17(5-2)11-8-13/h12-13,16H,4-11H2,1-3H3,(H,15,18). The van der Waals surface area contributed by atoms with Gasteiger partial charge in [0.2, 0.25) is 5.91 Å². The molecule has 0 radical (unpaired) electrons. The number of likely N-dealkylation sites (tertiary alicyclic amines) is 1. The van der Waals surface area contributed by atoms with Crippen molar-refractivity contribution >= 4 is 5.91 Å². The number of nitrogens with one attached hydrogen (secondary N) is 2. The second-order valence-corrected chi connectivity index (χ2v) is 5.22. The van der Waals surface area contributed by atoms with Gasteiger partial charge in [-0.3, -0.25) is 4.79 Å². The lowest BCUT2D eigenvalue weighted by atomic mass is 9.90. The fourth-order valence-electron chi connectivity index (χ4n) is 2.63. The van der Waals surface area contributed by atoms with Gasteiger partial charge in [-0.15, -0.1) is 0 Å². The van der Waals surface area contributed by atoms with Crippen molar-refractivity contribution in [1.82, 2.24) is 15.5 Å². The molecule has 18 heavy (non-hydrogen) atoms. The van der Waals surface area contributed by atoms with Crippen molar-refractivity contribution < 1.29 is 4.79 Å². The van der Waals surface area contributed by atoms with Gasteiger partial charge < -0.3 is 15.5 Å². The molecular weight excluding hydrogens is 226 g/mol. The third-order valence-corrected chi connectivity index (χ3v) is 3.98. The molecule has 1 amide bonds. The van der Waals surface area contributed by atoms with E-state index in [9.17, 15) is 4.79 Å². The maximum Gasteiger partial charge on any atom is 0.221 e. The van der Waals surface area contributed by atoms with Crippen molar-refractivity contribution in [3.05, 3.63) is 0 Å². The summed E-state index contributed by atoms with van der Waals surface area (Å²) in [6.45, 7) is 11.6. The number of piperidine rings is 1. The van der Waals surface area contributed by atoms with E-state index in [0.717, 1.165) is 19.0 Å². The first-order valence-electron chi connectivity index (χ1n) is 7.39. The molecule has 0 aromatic carbocycles. The molecule has 0 aromatic heterocycles. The highest BCUT2D eigenvalue weighted by molar-refractivity contribution is 5.75. The lowest BCUT2D eigenvalue weighted by Gasteiger charge is -2.34. The smallest absolute Gasteiger partial charge is 0.221 e. The Labute approximate surface area is 111 Å². The van der Waals surface area contributed by atoms with Crippen molar-refractivity contribution in [2.45, 2.75) is 46.1 Å². The largest absolute Gasteiger partial charge is 0.356 e. The van der Waals surface area contributed by atoms with Crippen LogP contribution in [0.4, 0.5) is 0 Å². The fraction of sp³-hybridized carbons (Fsp3) is 0.929. The highest BCUT2D eigenvalue weighted by Crippen LogP contribution is 2.20. The second kappa shape index (κ2) is 8.48. The van der Waals surface area contributed by atoms with Crippen LogP contribution in [0.3, 0.4) is 0 Å². The highest BCUT2D eigenvalue weighted by Gasteiger charge is 2.22. The summed E-state index contributed by atoms with van der Waals surface area (Å²) in [6, 6.07) is 0.526. The van der Waals surface area contributed by atoms with Crippen LogP contribution in [0.5, 0.6) is 0 Å². The molecule has 2 N–H and O–H groups in total. The molecule has 4 nitrogen and oxygen atoms in total. The Bertz CT molecular complexity index is 237. The van der Waals surface area contributed by atoms with Gasteiger partial charge in [0.25, 0.3) is 0 Å². The van der Waals surface area contributed by atoms with Crippen molar-refractivity contribution in [1.29, 1.82) is 0 Å². The third kappa shape index (κ3) is 5.36. The Hall–Kier alpha value is -0.610. The molecule has 0 aromatic rings. The van der Waals surface area contributed by atoms with Gasteiger partial charge in [0.15, 0.2) is 0 Å². The summed E-state index contributed by atoms with van der Waals surface area (Å²) < 4.78 is 0. The van der Waals surface area contributed by atoms with Crippen molar-refractivity contribution in [3.8, 4) is 0 Å². The van der Waals surface area contributed by atoms with Crippen LogP contribution in [-0.2, 0) is 4.79 Å². The topological polar surface area (TPSA) is 44.4 Å². The van der Waals surface area contributed by atoms with Crippen molar-refractivity contribution in [2.24, 2.45) is 5.92 Å². The summed E-state index contributed by atoms with van der Waals surface area (Å²) in [5.74, 6) is 0.917. The van der Waals surface area contributed by atoms with Gasteiger partial charge in [-0.05, 0) is 52.2 Å². The zero-order valence-electron chi connectivity index (χ0n) is 12.2. The molecule has 4 heteroatoms. The minimum Gasteiger partial charge on any atom is -0.356 e. The zero-order chi connectivity index (χ0) is 13.4. The molecule has 1 aliphatic rings. The Kier molecular flexibility index (Phi) is 7.28. The van der Waals surface area contributed by atoms with Crippen LogP contribution >= 0.6 is 0 Å². The lowest BCUT2D eigenvalue weighted by molar-refractivity contribution is -0.120. The van der Waals surface area contributed by atoms with Gasteiger partial charge in [0, 0.05) is 25.6 Å². The van der Waals surface area contributed by atoms with Crippen LogP contribution in [0.25, 0.3) is 0 Å². The second-order valence-electron chi connectivity index (χ2n) is 5.22. The van der Waals surface area contributed by atoms with Crippen LogP contribution < -0.4 is 10.6 Å². The summed E-state index contributed by atoms with van der Waals surface area (Å²) >= 11 is 0. The van der Waals surface area contributed by atoms with E-state index in [0.29, 0.717) is 12.5 Å². The Balaban J connectivity index is 2.13. The third-order valence-electron chi connectivity index (χ3n) is 3.98. The molecule has 1 atom stereocenters. The van der Waals surface area contributed by atoms with Crippen molar-refractivity contribution in [3.63, 3.8) is 0 Å². The fourth-order valence-corrected chi connectivity index (χ4v) is 2.63. The number of carbonyl (C=O) groups excluding carboxylic acids is 1. The molecule has 1 heterocycles. The Morgan fingerprint density at radius 3 is 2.56 bits per heavy atom. The van der Waals surface area contributed by atoms with E-state index in [1.54, 1.807) is 0 Å². The van der Waals surface area contributed by atoms with E-state index in [4.69, 9.17) is 0 Å². The van der Waals surface area contributed by atoms with E-state index >= 15 is 0 Å². The van der Waals surface area contributed by atoms with Crippen LogP contribution in [0, 0.1) is 5.92 Å². The number of rotatable bonds is 7. The Morgan fingerprint density at radius 1 is 1.33 bits per heavy atom. The maximum atomic E-state index is 11.3. The summed E-state index contributed by atoms with van der Waals surface area (Å²) in [4.78, 5) is 13.8. The first-order valence-corrected chi connectivity index (χ1v) is 7.39. The predicted octanol–water partition coefficient (Wildman–Crippen LogP) is 1.22. The lowest BCUT2D eigenvalue weighted by Crippen LogP contribution is -2.42. The average molecular weight is 255 g/mol. The van der Waals surface area contributed by atoms with E-state index < -0.39 is 0 Å². The van der Waals surface area contributed by atoms with Crippen LogP contribution in [0.2, 0.25) is 0 Å². The number of nitrogens with zero attached hydrogens (tertiary/aromatic N) is 1. The molecule has 0 spiro atoms. The van der Waals surface area contributed by atoms with Gasteiger partial charge >= 0.3 is 0 Å². The average Bonchev–Trinajstić information content (AvgIpc) is 2.39. The van der Waals surface area contributed by atoms with E-state index in [-0.39, 0.29) is 5.91 Å². The maximum absolute atomic E-state index is 11.3. The summed E-state index contributed by atoms with van der Waals surface area (Å²) in [5.41, 5.74) is 0. The molecular formula is C14H29N3O. The van der Waals surface area contributed by atoms with Crippen LogP contribution in [0.1, 0.15) is 40.0 Å². The van der Waals surface area contributed by atoms with Gasteiger partial charge in [-0.2, -0.15) is 0 Å². The van der Waals surface area contributed by atoms with Crippen molar-refractivity contribution in [2.75, 3.05) is 32.7 Å². The van der Waals surface area contributed by atoms with E-state index in [1.807, 2.05) is 6.92 Å². The summed E-state index contributed by atoms with van der Waals surface area (Å²) in [7, 11) is 0. The first kappa shape index (κ1) is 15.4. The van der Waals surface area contributed by atoms with E-state index in [1.165, 1.54) is 32.5 Å². The predicted molar refractivity (Wildman–Crippen MR) is 75.6 cm³/mol. The summed E-state index contributed by atoms with van der Waals surface area (Å²) in [5, 5.41) is 6.32. The molecule has 1 aliphatic heterocycles. The van der Waals surface area contributed by atoms with Gasteiger partial charge in [-0.25, -0.2) is 0 Å². The minimum absolute atomic E-state index is 0.151. The Morgan fingerprint density at radius 2 is 2.00 bits per heavy atom. The monoisotopic (exact) mass is 255 g/mol. The normalized spacial score (nSPS) is 19.7. The SMILES string of the molecule is CCNC(=O)CCNC(C)C1CCN(CC)CC1. The number of hydrogen-bond acceptors (Lipinski definition) is 3. The van der Waals surface area contributed by atoms with Gasteiger partial charge in [-0.1, -0.05) is 6.92 Å². The molecule has 1 fully saturated rings. The number of carbonyl (C=O) groups is 1. The highest BCUT2D eigenvalue weighted by atomic mass is 16.1. The summed E-state index contributed by atoms with van der Waals surface area (Å²) in [6.07, 6.45) is 3.15. The number of hydrogen-bond donors (Lipinski definition) is 2. The first-order chi connectivity index (χ1) is 8.67. The minimum atomic E-state index is 0.151. The van der Waals surface area contributed by atoms with Crippen LogP contribution in [0.15, 0.2) is 0 Å². The molecule has 0 bridgehead atoms. The van der Waals surface area contributed by atoms with E-state index in [2.05, 4.69) is 29.4 Å². The quantitative estimate of drug-likeness (QED) is 0.719. The van der Waals surface area contributed by atoms with Crippen LogP contribution in [-0.4, -0.2) is 49.6 Å². The molecule has 1 saturated heterocycles.